The van der Waals surface area contributed by atoms with Crippen LogP contribution in [0.2, 0.25) is 5.02 Å². The molecule has 0 radical (unpaired) electrons. The number of fused-ring (bicyclic) bond motifs is 4. The number of aryl methyl sites for hydroxylation is 1. The number of benzene rings is 2. The molecule has 2 aromatic rings. The van der Waals surface area contributed by atoms with E-state index in [2.05, 4.69) is 27.8 Å². The molecule has 2 aliphatic heterocycles. The number of halogens is 1. The van der Waals surface area contributed by atoms with Gasteiger partial charge in [0.1, 0.15) is 5.75 Å². The maximum Gasteiger partial charge on any atom is 0.264 e. The second kappa shape index (κ2) is 11.3. The summed E-state index contributed by atoms with van der Waals surface area (Å²) < 4.78 is 40.5. The fourth-order valence-corrected chi connectivity index (χ4v) is 8.88. The fourth-order valence-electron chi connectivity index (χ4n) is 7.32. The number of hydrogen-bond donors (Lipinski definition) is 1. The minimum absolute atomic E-state index is 0.0225. The van der Waals surface area contributed by atoms with Crippen molar-refractivity contribution in [2.24, 2.45) is 17.8 Å². The molecule has 6 rings (SSSR count). The highest BCUT2D eigenvalue weighted by atomic mass is 35.5. The second-order valence-corrected chi connectivity index (χ2v) is 14.7. The van der Waals surface area contributed by atoms with Gasteiger partial charge in [0.2, 0.25) is 10.0 Å². The Balaban J connectivity index is 1.42. The number of carbonyl (C=O) groups excluding carboxylic acids is 1. The molecule has 2 aliphatic carbocycles. The lowest BCUT2D eigenvalue weighted by Crippen LogP contribution is -2.49. The molecule has 1 spiro atoms. The van der Waals surface area contributed by atoms with Gasteiger partial charge in [-0.15, -0.1) is 0 Å². The standard InChI is InChI=1S/C32H39ClN2O5S/c1-21-5-3-7-29(39-2)26-11-8-24(26)17-35-19-32(14-4-6-22-15-25(33)10-12-27(22)32)20-40-30-13-9-23(16-28(30)35)31(36)34-41(37,38)18-21/h3,7,9-10,12-13,15-16,21,24,26,29H,4-6,8,11,14,17-20H2,1-2H3,(H,34,36)/b7-3-/t21-,24+,26-,29+,32-/m1/s1. The average molecular weight is 599 g/mol. The lowest BCUT2D eigenvalue weighted by atomic mass is 9.68. The van der Waals surface area contributed by atoms with E-state index in [1.165, 1.54) is 11.1 Å². The Morgan fingerprint density at radius 1 is 1.17 bits per heavy atom. The number of nitrogens with one attached hydrogen (secondary N) is 1. The number of hydrogen-bond acceptors (Lipinski definition) is 6. The van der Waals surface area contributed by atoms with Gasteiger partial charge < -0.3 is 14.4 Å². The van der Waals surface area contributed by atoms with E-state index >= 15 is 0 Å². The summed E-state index contributed by atoms with van der Waals surface area (Å²) >= 11 is 6.39. The molecule has 5 atom stereocenters. The summed E-state index contributed by atoms with van der Waals surface area (Å²) in [6, 6.07) is 11.5. The number of ether oxygens (including phenoxy) is 2. The van der Waals surface area contributed by atoms with Crippen molar-refractivity contribution in [1.82, 2.24) is 4.72 Å². The minimum Gasteiger partial charge on any atom is -0.490 e. The van der Waals surface area contributed by atoms with Crippen molar-refractivity contribution < 1.29 is 22.7 Å². The molecular formula is C32H39ClN2O5S. The molecule has 0 saturated heterocycles. The second-order valence-electron chi connectivity index (χ2n) is 12.5. The summed E-state index contributed by atoms with van der Waals surface area (Å²) in [6.07, 6.45) is 9.95. The Hall–Kier alpha value is -2.55. The Morgan fingerprint density at radius 2 is 2.02 bits per heavy atom. The quantitative estimate of drug-likeness (QED) is 0.436. The molecule has 220 valence electrons. The Morgan fingerprint density at radius 3 is 2.80 bits per heavy atom. The molecule has 2 heterocycles. The number of nitrogens with zero attached hydrogens (tertiary/aromatic N) is 1. The zero-order valence-corrected chi connectivity index (χ0v) is 25.3. The Kier molecular flexibility index (Phi) is 7.85. The van der Waals surface area contributed by atoms with Gasteiger partial charge >= 0.3 is 0 Å². The van der Waals surface area contributed by atoms with Gasteiger partial charge in [-0.3, -0.25) is 4.79 Å². The number of anilines is 1. The first kappa shape index (κ1) is 28.6. The van der Waals surface area contributed by atoms with Crippen LogP contribution in [-0.4, -0.2) is 53.0 Å². The van der Waals surface area contributed by atoms with Gasteiger partial charge in [0.15, 0.2) is 0 Å². The summed E-state index contributed by atoms with van der Waals surface area (Å²) in [5.74, 6) is 0.634. The number of carbonyl (C=O) groups is 1. The van der Waals surface area contributed by atoms with E-state index in [1.807, 2.05) is 31.2 Å². The molecule has 9 heteroatoms. The van der Waals surface area contributed by atoms with Gasteiger partial charge in [-0.25, -0.2) is 13.1 Å². The van der Waals surface area contributed by atoms with Crippen LogP contribution in [0.1, 0.15) is 60.5 Å². The molecule has 4 aliphatic rings. The van der Waals surface area contributed by atoms with Crippen molar-refractivity contribution in [1.29, 1.82) is 0 Å². The maximum absolute atomic E-state index is 13.2. The molecule has 2 aromatic carbocycles. The van der Waals surface area contributed by atoms with Crippen LogP contribution in [0, 0.1) is 17.8 Å². The number of rotatable bonds is 1. The highest BCUT2D eigenvalue weighted by molar-refractivity contribution is 7.90. The normalized spacial score (nSPS) is 32.0. The summed E-state index contributed by atoms with van der Waals surface area (Å²) in [5.41, 5.74) is 3.49. The van der Waals surface area contributed by atoms with E-state index in [0.717, 1.165) is 61.7 Å². The van der Waals surface area contributed by atoms with Crippen LogP contribution in [-0.2, 0) is 26.6 Å². The molecule has 1 N–H and O–H groups in total. The summed E-state index contributed by atoms with van der Waals surface area (Å²) in [7, 11) is -2.05. The lowest BCUT2D eigenvalue weighted by molar-refractivity contribution is 0.0131. The predicted octanol–water partition coefficient (Wildman–Crippen LogP) is 5.51. The van der Waals surface area contributed by atoms with E-state index in [4.69, 9.17) is 21.1 Å². The lowest BCUT2D eigenvalue weighted by Gasteiger charge is -2.46. The van der Waals surface area contributed by atoms with Gasteiger partial charge in [0, 0.05) is 36.2 Å². The van der Waals surface area contributed by atoms with E-state index in [1.54, 1.807) is 13.2 Å². The monoisotopic (exact) mass is 598 g/mol. The molecule has 2 bridgehead atoms. The third kappa shape index (κ3) is 5.75. The van der Waals surface area contributed by atoms with Gasteiger partial charge in [-0.1, -0.05) is 36.7 Å². The largest absolute Gasteiger partial charge is 0.490 e. The third-order valence-electron chi connectivity index (χ3n) is 9.54. The van der Waals surface area contributed by atoms with E-state index in [0.29, 0.717) is 30.4 Å². The van der Waals surface area contributed by atoms with Gasteiger partial charge in [0.05, 0.1) is 24.2 Å². The van der Waals surface area contributed by atoms with Gasteiger partial charge in [-0.05, 0) is 97.7 Å². The molecule has 1 saturated carbocycles. The molecule has 0 unspecified atom stereocenters. The first-order valence-electron chi connectivity index (χ1n) is 14.7. The average Bonchev–Trinajstić information content (AvgIpc) is 3.06. The molecule has 41 heavy (non-hydrogen) atoms. The van der Waals surface area contributed by atoms with Crippen LogP contribution in [0.4, 0.5) is 5.69 Å². The molecule has 1 fully saturated rings. The number of allylic oxidation sites excluding steroid dienone is 1. The molecule has 1 amide bonds. The number of methoxy groups -OCH3 is 1. The van der Waals surface area contributed by atoms with Crippen molar-refractivity contribution in [3.8, 4) is 5.75 Å². The highest BCUT2D eigenvalue weighted by Gasteiger charge is 2.44. The first-order valence-corrected chi connectivity index (χ1v) is 16.7. The maximum atomic E-state index is 13.2. The fraction of sp³-hybridized carbons (Fsp3) is 0.531. The van der Waals surface area contributed by atoms with Crippen LogP contribution in [0.15, 0.2) is 48.6 Å². The van der Waals surface area contributed by atoms with Crippen LogP contribution in [0.25, 0.3) is 0 Å². The van der Waals surface area contributed by atoms with Crippen molar-refractivity contribution >= 4 is 33.2 Å². The first-order chi connectivity index (χ1) is 19.7. The van der Waals surface area contributed by atoms with E-state index in [9.17, 15) is 13.2 Å². The number of sulfonamides is 1. The molecule has 7 nitrogen and oxygen atoms in total. The Bertz CT molecular complexity index is 1460. The van der Waals surface area contributed by atoms with Gasteiger partial charge in [-0.2, -0.15) is 0 Å². The van der Waals surface area contributed by atoms with Crippen LogP contribution < -0.4 is 14.4 Å². The van der Waals surface area contributed by atoms with E-state index < -0.39 is 15.9 Å². The summed E-state index contributed by atoms with van der Waals surface area (Å²) in [5, 5.41) is 0.750. The van der Waals surface area contributed by atoms with Crippen molar-refractivity contribution in [3.63, 3.8) is 0 Å². The number of amides is 1. The predicted molar refractivity (Wildman–Crippen MR) is 161 cm³/mol. The van der Waals surface area contributed by atoms with Crippen LogP contribution >= 0.6 is 11.6 Å². The van der Waals surface area contributed by atoms with Crippen molar-refractivity contribution in [3.05, 3.63) is 70.3 Å². The molecular weight excluding hydrogens is 560 g/mol. The summed E-state index contributed by atoms with van der Waals surface area (Å²) in [4.78, 5) is 15.6. The third-order valence-corrected chi connectivity index (χ3v) is 11.3. The van der Waals surface area contributed by atoms with Crippen LogP contribution in [0.5, 0.6) is 5.75 Å². The van der Waals surface area contributed by atoms with Crippen molar-refractivity contribution in [2.75, 3.05) is 37.5 Å². The topological polar surface area (TPSA) is 84.9 Å². The summed E-state index contributed by atoms with van der Waals surface area (Å²) in [6.45, 7) is 3.96. The highest BCUT2D eigenvalue weighted by Crippen LogP contribution is 2.47. The smallest absolute Gasteiger partial charge is 0.264 e. The van der Waals surface area contributed by atoms with Crippen molar-refractivity contribution in [2.45, 2.75) is 57.0 Å². The van der Waals surface area contributed by atoms with Gasteiger partial charge in [0.25, 0.3) is 5.91 Å². The Labute approximate surface area is 248 Å². The van der Waals surface area contributed by atoms with Crippen LogP contribution in [0.3, 0.4) is 0 Å². The SMILES string of the molecule is CO[C@H]1/C=C\C[C@@H](C)CS(=O)(=O)NC(=O)c2ccc3c(c2)N(C[C@@H]2CC[C@H]21)C[C@]1(CCCc2cc(Cl)ccc21)CO3. The zero-order chi connectivity index (χ0) is 28.8. The zero-order valence-electron chi connectivity index (χ0n) is 23.8. The van der Waals surface area contributed by atoms with E-state index in [-0.39, 0.29) is 23.2 Å². The minimum atomic E-state index is -3.81. The molecule has 0 aromatic heterocycles.